The van der Waals surface area contributed by atoms with E-state index in [-0.39, 0.29) is 11.7 Å². The van der Waals surface area contributed by atoms with Gasteiger partial charge in [0.15, 0.2) is 0 Å². The van der Waals surface area contributed by atoms with Gasteiger partial charge in [-0.1, -0.05) is 0 Å². The summed E-state index contributed by atoms with van der Waals surface area (Å²) in [6.07, 6.45) is 2.21. The number of rotatable bonds is 3. The van der Waals surface area contributed by atoms with Crippen LogP contribution in [0.3, 0.4) is 0 Å². The summed E-state index contributed by atoms with van der Waals surface area (Å²) in [6.45, 7) is 2.77. The molecule has 0 spiro atoms. The number of nitrogens with one attached hydrogen (secondary N) is 4. The summed E-state index contributed by atoms with van der Waals surface area (Å²) in [7, 11) is 0. The Hall–Kier alpha value is -3.10. The summed E-state index contributed by atoms with van der Waals surface area (Å²) in [4.78, 5) is 25.2. The summed E-state index contributed by atoms with van der Waals surface area (Å²) in [5, 5.41) is 14.4. The van der Waals surface area contributed by atoms with Gasteiger partial charge < -0.3 is 16.0 Å². The highest BCUT2D eigenvalue weighted by Gasteiger charge is 2.22. The molecule has 1 saturated heterocycles. The first-order valence-corrected chi connectivity index (χ1v) is 7.47. The minimum Gasteiger partial charge on any atom is -0.338 e. The lowest BCUT2D eigenvalue weighted by atomic mass is 10.2. The number of aromatic amines is 1. The van der Waals surface area contributed by atoms with E-state index in [1.54, 1.807) is 6.92 Å². The second-order valence-corrected chi connectivity index (χ2v) is 5.39. The largest absolute Gasteiger partial charge is 0.338 e. The van der Waals surface area contributed by atoms with Gasteiger partial charge in [-0.3, -0.25) is 10.00 Å². The van der Waals surface area contributed by atoms with Gasteiger partial charge in [0, 0.05) is 18.8 Å². The molecule has 2 aromatic rings. The fourth-order valence-electron chi connectivity index (χ4n) is 2.42. The van der Waals surface area contributed by atoms with Gasteiger partial charge in [-0.05, 0) is 31.5 Å². The van der Waals surface area contributed by atoms with Gasteiger partial charge in [-0.2, -0.15) is 5.10 Å². The average Bonchev–Trinajstić information content (AvgIpc) is 2.95. The smallest absolute Gasteiger partial charge is 0.323 e. The molecule has 4 amide bonds. The van der Waals surface area contributed by atoms with Crippen LogP contribution in [0.5, 0.6) is 0 Å². The molecule has 3 rings (SSSR count). The first-order chi connectivity index (χ1) is 11.5. The molecular weight excluding hydrogens is 315 g/mol. The molecule has 0 unspecified atom stereocenters. The molecular formula is C15H17FN6O2. The number of hydrogen-bond donors (Lipinski definition) is 4. The summed E-state index contributed by atoms with van der Waals surface area (Å²) in [5.41, 5.74) is 1.77. The lowest BCUT2D eigenvalue weighted by Crippen LogP contribution is -2.46. The Morgan fingerprint density at radius 3 is 2.92 bits per heavy atom. The molecule has 8 nitrogen and oxygen atoms in total. The number of nitrogens with zero attached hydrogens (tertiary/aromatic N) is 2. The van der Waals surface area contributed by atoms with E-state index in [9.17, 15) is 14.0 Å². The van der Waals surface area contributed by atoms with E-state index >= 15 is 0 Å². The van der Waals surface area contributed by atoms with Crippen LogP contribution in [0.2, 0.25) is 0 Å². The predicted octanol–water partition coefficient (Wildman–Crippen LogP) is 2.42. The Bertz CT molecular complexity index is 775. The Kier molecular flexibility index (Phi) is 4.32. The van der Waals surface area contributed by atoms with Crippen molar-refractivity contribution in [3.63, 3.8) is 0 Å². The van der Waals surface area contributed by atoms with Crippen molar-refractivity contribution in [3.8, 4) is 0 Å². The Labute approximate surface area is 137 Å². The molecule has 126 valence electrons. The molecule has 1 aliphatic heterocycles. The lowest BCUT2D eigenvalue weighted by molar-refractivity contribution is 0.242. The third-order valence-corrected chi connectivity index (χ3v) is 3.65. The highest BCUT2D eigenvalue weighted by molar-refractivity contribution is 6.01. The van der Waals surface area contributed by atoms with Crippen LogP contribution in [-0.4, -0.2) is 35.3 Å². The fourth-order valence-corrected chi connectivity index (χ4v) is 2.42. The van der Waals surface area contributed by atoms with Gasteiger partial charge in [0.05, 0.1) is 23.3 Å². The van der Waals surface area contributed by atoms with Gasteiger partial charge in [0.2, 0.25) is 0 Å². The zero-order valence-corrected chi connectivity index (χ0v) is 13.0. The number of amides is 4. The minimum absolute atomic E-state index is 0.129. The van der Waals surface area contributed by atoms with Crippen LogP contribution in [0.15, 0.2) is 24.4 Å². The van der Waals surface area contributed by atoms with Gasteiger partial charge in [0.25, 0.3) is 0 Å². The summed E-state index contributed by atoms with van der Waals surface area (Å²) < 4.78 is 14.1. The maximum Gasteiger partial charge on any atom is 0.323 e. The first kappa shape index (κ1) is 15.8. The molecule has 0 bridgehead atoms. The Balaban J connectivity index is 1.74. The van der Waals surface area contributed by atoms with Gasteiger partial charge in [-0.15, -0.1) is 0 Å². The first-order valence-electron chi connectivity index (χ1n) is 7.47. The predicted molar refractivity (Wildman–Crippen MR) is 87.7 cm³/mol. The quantitative estimate of drug-likeness (QED) is 0.694. The van der Waals surface area contributed by atoms with Crippen molar-refractivity contribution in [1.82, 2.24) is 15.5 Å². The second kappa shape index (κ2) is 6.57. The van der Waals surface area contributed by atoms with Crippen LogP contribution in [0.1, 0.15) is 12.1 Å². The molecule has 24 heavy (non-hydrogen) atoms. The fraction of sp³-hybridized carbons (Fsp3) is 0.267. The van der Waals surface area contributed by atoms with Crippen LogP contribution < -0.4 is 20.9 Å². The van der Waals surface area contributed by atoms with E-state index in [0.29, 0.717) is 24.5 Å². The topological polar surface area (TPSA) is 102 Å². The van der Waals surface area contributed by atoms with Crippen LogP contribution in [-0.2, 0) is 0 Å². The van der Waals surface area contributed by atoms with Crippen molar-refractivity contribution in [3.05, 3.63) is 35.9 Å². The van der Waals surface area contributed by atoms with E-state index in [1.165, 1.54) is 29.3 Å². The van der Waals surface area contributed by atoms with Crippen LogP contribution >= 0.6 is 0 Å². The second-order valence-electron chi connectivity index (χ2n) is 5.39. The van der Waals surface area contributed by atoms with E-state index in [2.05, 4.69) is 26.1 Å². The van der Waals surface area contributed by atoms with Gasteiger partial charge in [0.1, 0.15) is 5.82 Å². The lowest BCUT2D eigenvalue weighted by Gasteiger charge is -2.28. The third-order valence-electron chi connectivity index (χ3n) is 3.65. The molecule has 1 aromatic heterocycles. The molecule has 0 saturated carbocycles. The number of aromatic nitrogens is 2. The van der Waals surface area contributed by atoms with Crippen molar-refractivity contribution in [2.24, 2.45) is 0 Å². The number of hydrogen-bond acceptors (Lipinski definition) is 3. The SMILES string of the molecule is Cc1[nH]ncc1NC(=O)Nc1ccc(F)c(N2CCCNC2=O)c1. The maximum absolute atomic E-state index is 14.1. The number of urea groups is 2. The molecule has 1 aromatic carbocycles. The molecule has 0 radical (unpaired) electrons. The summed E-state index contributed by atoms with van der Waals surface area (Å²) in [6, 6.07) is 3.25. The zero-order valence-electron chi connectivity index (χ0n) is 13.0. The highest BCUT2D eigenvalue weighted by atomic mass is 19.1. The minimum atomic E-state index is -0.524. The van der Waals surface area contributed by atoms with E-state index < -0.39 is 11.8 Å². The summed E-state index contributed by atoms with van der Waals surface area (Å²) in [5.74, 6) is -0.524. The van der Waals surface area contributed by atoms with Gasteiger partial charge in [-0.25, -0.2) is 14.0 Å². The molecule has 0 atom stereocenters. The monoisotopic (exact) mass is 332 g/mol. The Morgan fingerprint density at radius 1 is 1.38 bits per heavy atom. The van der Waals surface area contributed by atoms with E-state index in [0.717, 1.165) is 12.1 Å². The van der Waals surface area contributed by atoms with Gasteiger partial charge >= 0.3 is 12.1 Å². The molecule has 1 fully saturated rings. The highest BCUT2D eigenvalue weighted by Crippen LogP contribution is 2.25. The van der Waals surface area contributed by atoms with Crippen molar-refractivity contribution < 1.29 is 14.0 Å². The van der Waals surface area contributed by atoms with Crippen LogP contribution in [0.4, 0.5) is 31.0 Å². The molecule has 1 aliphatic rings. The number of aryl methyl sites for hydroxylation is 1. The number of halogens is 1. The number of carbonyl (C=O) groups excluding carboxylic acids is 2. The standard InChI is InChI=1S/C15H17FN6O2/c1-9-12(8-18-21-9)20-14(23)19-10-3-4-11(16)13(7-10)22-6-2-5-17-15(22)24/h3-4,7-8H,2,5-6H2,1H3,(H,17,24)(H,18,21)(H2,19,20,23). The van der Waals surface area contributed by atoms with E-state index in [1.807, 2.05) is 0 Å². The van der Waals surface area contributed by atoms with Crippen molar-refractivity contribution >= 4 is 29.1 Å². The molecule has 0 aliphatic carbocycles. The Morgan fingerprint density at radius 2 is 2.21 bits per heavy atom. The van der Waals surface area contributed by atoms with Crippen molar-refractivity contribution in [2.45, 2.75) is 13.3 Å². The maximum atomic E-state index is 14.1. The van der Waals surface area contributed by atoms with Crippen LogP contribution in [0.25, 0.3) is 0 Å². The number of benzene rings is 1. The van der Waals surface area contributed by atoms with Crippen molar-refractivity contribution in [2.75, 3.05) is 28.6 Å². The number of carbonyl (C=O) groups is 2. The average molecular weight is 332 g/mol. The van der Waals surface area contributed by atoms with E-state index in [4.69, 9.17) is 0 Å². The number of H-pyrrole nitrogens is 1. The molecule has 9 heteroatoms. The normalized spacial score (nSPS) is 14.2. The zero-order chi connectivity index (χ0) is 17.1. The number of anilines is 3. The summed E-state index contributed by atoms with van der Waals surface area (Å²) >= 11 is 0. The molecule has 2 heterocycles. The molecule has 4 N–H and O–H groups in total. The van der Waals surface area contributed by atoms with Crippen LogP contribution in [0, 0.1) is 12.7 Å². The third kappa shape index (κ3) is 3.29. The van der Waals surface area contributed by atoms with Crippen molar-refractivity contribution in [1.29, 1.82) is 0 Å².